The van der Waals surface area contributed by atoms with Crippen LogP contribution in [0.2, 0.25) is 0 Å². The molecule has 0 saturated carbocycles. The molecule has 2 aliphatic heterocycles. The minimum atomic E-state index is -0.341. The van der Waals surface area contributed by atoms with Crippen molar-refractivity contribution in [2.45, 2.75) is 19.9 Å². The van der Waals surface area contributed by atoms with Gasteiger partial charge in [0.05, 0.1) is 11.1 Å². The quantitative estimate of drug-likeness (QED) is 0.745. The first-order chi connectivity index (χ1) is 13.4. The number of imide groups is 1. The largest absolute Gasteiger partial charge is 0.454 e. The zero-order valence-electron chi connectivity index (χ0n) is 15.7. The Labute approximate surface area is 162 Å². The third-order valence-corrected chi connectivity index (χ3v) is 4.96. The first kappa shape index (κ1) is 18.0. The zero-order valence-corrected chi connectivity index (χ0v) is 15.7. The van der Waals surface area contributed by atoms with Crippen molar-refractivity contribution in [3.8, 4) is 11.5 Å². The summed E-state index contributed by atoms with van der Waals surface area (Å²) in [5.74, 6) is 0.532. The van der Waals surface area contributed by atoms with E-state index in [9.17, 15) is 14.4 Å². The number of hydrogen-bond acceptors (Lipinski definition) is 5. The van der Waals surface area contributed by atoms with Crippen molar-refractivity contribution in [1.82, 2.24) is 9.80 Å². The molecule has 28 heavy (non-hydrogen) atoms. The maximum atomic E-state index is 12.5. The summed E-state index contributed by atoms with van der Waals surface area (Å²) in [6.07, 6.45) is 0.0749. The molecule has 0 radical (unpaired) electrons. The highest BCUT2D eigenvalue weighted by Gasteiger charge is 2.35. The van der Waals surface area contributed by atoms with Crippen molar-refractivity contribution < 1.29 is 23.9 Å². The topological polar surface area (TPSA) is 76.2 Å². The van der Waals surface area contributed by atoms with Gasteiger partial charge in [0.2, 0.25) is 12.7 Å². The smallest absolute Gasteiger partial charge is 0.261 e. The number of nitrogens with zero attached hydrogens (tertiary/aromatic N) is 2. The number of carbonyl (C=O) groups excluding carboxylic acids is 3. The van der Waals surface area contributed by atoms with E-state index in [4.69, 9.17) is 9.47 Å². The average molecular weight is 380 g/mol. The predicted octanol–water partition coefficient (Wildman–Crippen LogP) is 2.37. The summed E-state index contributed by atoms with van der Waals surface area (Å²) < 4.78 is 10.6. The third kappa shape index (κ3) is 3.19. The Morgan fingerprint density at radius 3 is 2.61 bits per heavy atom. The van der Waals surface area contributed by atoms with E-state index in [-0.39, 0.29) is 37.5 Å². The Morgan fingerprint density at radius 2 is 1.79 bits per heavy atom. The molecular weight excluding hydrogens is 360 g/mol. The average Bonchev–Trinajstić information content (AvgIpc) is 3.23. The van der Waals surface area contributed by atoms with Gasteiger partial charge >= 0.3 is 0 Å². The maximum Gasteiger partial charge on any atom is 0.261 e. The Morgan fingerprint density at radius 1 is 1.04 bits per heavy atom. The highest BCUT2D eigenvalue weighted by molar-refractivity contribution is 6.21. The molecule has 0 aliphatic carbocycles. The van der Waals surface area contributed by atoms with Gasteiger partial charge in [-0.25, -0.2) is 0 Å². The summed E-state index contributed by atoms with van der Waals surface area (Å²) in [6, 6.07) is 10.7. The van der Waals surface area contributed by atoms with E-state index in [1.165, 1.54) is 0 Å². The number of benzene rings is 2. The Bertz CT molecular complexity index is 985. The molecule has 2 aromatic rings. The van der Waals surface area contributed by atoms with E-state index in [2.05, 4.69) is 0 Å². The van der Waals surface area contributed by atoms with Gasteiger partial charge in [-0.1, -0.05) is 17.7 Å². The number of carbonyl (C=O) groups is 3. The molecule has 0 unspecified atom stereocenters. The second-order valence-corrected chi connectivity index (χ2v) is 7.00. The van der Waals surface area contributed by atoms with E-state index in [0.717, 1.165) is 16.0 Å². The lowest BCUT2D eigenvalue weighted by Crippen LogP contribution is -2.35. The molecule has 0 bridgehead atoms. The van der Waals surface area contributed by atoms with Crippen molar-refractivity contribution in [3.63, 3.8) is 0 Å². The molecule has 0 atom stereocenters. The summed E-state index contributed by atoms with van der Waals surface area (Å²) in [7, 11) is 1.69. The highest BCUT2D eigenvalue weighted by Crippen LogP contribution is 2.32. The molecule has 0 spiro atoms. The molecule has 7 nitrogen and oxygen atoms in total. The molecule has 0 aromatic heterocycles. The van der Waals surface area contributed by atoms with Crippen molar-refractivity contribution >= 4 is 17.7 Å². The van der Waals surface area contributed by atoms with Gasteiger partial charge in [-0.3, -0.25) is 19.3 Å². The second kappa shape index (κ2) is 6.99. The summed E-state index contributed by atoms with van der Waals surface area (Å²) in [5, 5.41) is 0. The van der Waals surface area contributed by atoms with Gasteiger partial charge in [-0.05, 0) is 36.8 Å². The van der Waals surface area contributed by atoms with Crippen LogP contribution < -0.4 is 9.47 Å². The lowest BCUT2D eigenvalue weighted by molar-refractivity contribution is -0.130. The predicted molar refractivity (Wildman–Crippen MR) is 100 cm³/mol. The Kier molecular flexibility index (Phi) is 4.50. The number of fused-ring (bicyclic) bond motifs is 2. The molecule has 2 heterocycles. The van der Waals surface area contributed by atoms with Gasteiger partial charge in [0.15, 0.2) is 11.5 Å². The van der Waals surface area contributed by atoms with Crippen molar-refractivity contribution in [2.24, 2.45) is 0 Å². The van der Waals surface area contributed by atoms with Gasteiger partial charge < -0.3 is 14.4 Å². The molecule has 0 fully saturated rings. The molecule has 2 aliphatic rings. The minimum absolute atomic E-state index is 0.0652. The fraction of sp³-hybridized carbons (Fsp3) is 0.286. The summed E-state index contributed by atoms with van der Waals surface area (Å²) >= 11 is 0. The van der Waals surface area contributed by atoms with Crippen LogP contribution in [0.1, 0.15) is 38.3 Å². The monoisotopic (exact) mass is 380 g/mol. The number of ether oxygens (including phenoxy) is 2. The number of hydrogen-bond donors (Lipinski definition) is 0. The summed E-state index contributed by atoms with van der Waals surface area (Å²) in [4.78, 5) is 40.2. The van der Waals surface area contributed by atoms with Crippen LogP contribution in [0.15, 0.2) is 36.4 Å². The van der Waals surface area contributed by atoms with E-state index in [0.29, 0.717) is 29.2 Å². The van der Waals surface area contributed by atoms with Crippen LogP contribution in [0, 0.1) is 6.92 Å². The van der Waals surface area contributed by atoms with Crippen LogP contribution in [-0.2, 0) is 11.3 Å². The van der Waals surface area contributed by atoms with Crippen LogP contribution in [0.3, 0.4) is 0 Å². The van der Waals surface area contributed by atoms with Crippen LogP contribution in [-0.4, -0.2) is 47.9 Å². The molecule has 7 heteroatoms. The van der Waals surface area contributed by atoms with Gasteiger partial charge in [0.1, 0.15) is 0 Å². The van der Waals surface area contributed by atoms with E-state index in [1.54, 1.807) is 30.1 Å². The van der Waals surface area contributed by atoms with Crippen molar-refractivity contribution in [2.75, 3.05) is 20.4 Å². The number of amides is 3. The highest BCUT2D eigenvalue weighted by atomic mass is 16.7. The van der Waals surface area contributed by atoms with Gasteiger partial charge in [0, 0.05) is 26.6 Å². The molecule has 3 amide bonds. The van der Waals surface area contributed by atoms with Gasteiger partial charge in [-0.15, -0.1) is 0 Å². The fourth-order valence-corrected chi connectivity index (χ4v) is 3.41. The van der Waals surface area contributed by atoms with E-state index >= 15 is 0 Å². The maximum absolute atomic E-state index is 12.5. The Balaban J connectivity index is 1.36. The number of rotatable bonds is 5. The first-order valence-electron chi connectivity index (χ1n) is 9.03. The van der Waals surface area contributed by atoms with Crippen LogP contribution in [0.4, 0.5) is 0 Å². The fourth-order valence-electron chi connectivity index (χ4n) is 3.41. The lowest BCUT2D eigenvalue weighted by atomic mass is 10.1. The SMILES string of the molecule is Cc1ccc2c(c1)C(=O)N(CCC(=O)N(C)Cc1ccc3c(c1)OCO3)C2=O. The molecule has 0 N–H and O–H groups in total. The lowest BCUT2D eigenvalue weighted by Gasteiger charge is -2.19. The van der Waals surface area contributed by atoms with Crippen molar-refractivity contribution in [3.05, 3.63) is 58.7 Å². The minimum Gasteiger partial charge on any atom is -0.454 e. The van der Waals surface area contributed by atoms with E-state index < -0.39 is 0 Å². The third-order valence-electron chi connectivity index (χ3n) is 4.96. The van der Waals surface area contributed by atoms with E-state index in [1.807, 2.05) is 25.1 Å². The Hall–Kier alpha value is -3.35. The zero-order chi connectivity index (χ0) is 19.8. The molecular formula is C21H20N2O5. The summed E-state index contributed by atoms with van der Waals surface area (Å²) in [5.41, 5.74) is 2.64. The molecule has 144 valence electrons. The van der Waals surface area contributed by atoms with Crippen LogP contribution in [0.25, 0.3) is 0 Å². The van der Waals surface area contributed by atoms with Crippen molar-refractivity contribution in [1.29, 1.82) is 0 Å². The second-order valence-electron chi connectivity index (χ2n) is 7.00. The van der Waals surface area contributed by atoms with Crippen LogP contribution >= 0.6 is 0 Å². The van der Waals surface area contributed by atoms with Gasteiger partial charge in [0.25, 0.3) is 11.8 Å². The summed E-state index contributed by atoms with van der Waals surface area (Å²) in [6.45, 7) is 2.54. The van der Waals surface area contributed by atoms with Crippen LogP contribution in [0.5, 0.6) is 11.5 Å². The normalized spacial score (nSPS) is 14.4. The first-order valence-corrected chi connectivity index (χ1v) is 9.03. The molecule has 2 aromatic carbocycles. The standard InChI is InChI=1S/C21H20N2O5/c1-13-3-5-15-16(9-13)21(26)23(20(15)25)8-7-19(24)22(2)11-14-4-6-17-18(10-14)28-12-27-17/h3-6,9-10H,7-8,11-12H2,1-2H3. The van der Waals surface area contributed by atoms with Gasteiger partial charge in [-0.2, -0.15) is 0 Å². The molecule has 0 saturated heterocycles. The molecule has 4 rings (SSSR count). The number of aryl methyl sites for hydroxylation is 1.